The Hall–Kier alpha value is -2.85. The van der Waals surface area contributed by atoms with Gasteiger partial charge in [-0.15, -0.1) is 0 Å². The van der Waals surface area contributed by atoms with Crippen molar-refractivity contribution in [1.82, 2.24) is 0 Å². The summed E-state index contributed by atoms with van der Waals surface area (Å²) in [7, 11) is 0. The van der Waals surface area contributed by atoms with Crippen molar-refractivity contribution in [2.45, 2.75) is 57.5 Å². The molecule has 0 amide bonds. The molecule has 1 atom stereocenters. The van der Waals surface area contributed by atoms with Crippen LogP contribution in [0.5, 0.6) is 0 Å². The number of halogens is 3. The molecule has 1 saturated carbocycles. The lowest BCUT2D eigenvalue weighted by atomic mass is 9.77. The summed E-state index contributed by atoms with van der Waals surface area (Å²) in [5, 5.41) is 0. The first kappa shape index (κ1) is 23.9. The fraction of sp³-hybridized carbons (Fsp3) is 0.355. The highest BCUT2D eigenvalue weighted by Gasteiger charge is 2.28. The molecule has 1 heterocycles. The predicted octanol–water partition coefficient (Wildman–Crippen LogP) is 9.09. The van der Waals surface area contributed by atoms with E-state index >= 15 is 0 Å². The van der Waals surface area contributed by atoms with E-state index in [0.29, 0.717) is 17.7 Å². The summed E-state index contributed by atoms with van der Waals surface area (Å²) in [6.45, 7) is 2.77. The van der Waals surface area contributed by atoms with E-state index in [1.165, 1.54) is 18.9 Å². The number of ether oxygens (including phenoxy) is 1. The Bertz CT molecular complexity index is 1200. The number of hydrogen-bond acceptors (Lipinski definition) is 1. The maximum atomic E-state index is 14.9. The molecule has 0 aromatic heterocycles. The van der Waals surface area contributed by atoms with Gasteiger partial charge < -0.3 is 4.74 Å². The van der Waals surface area contributed by atoms with Gasteiger partial charge in [0.25, 0.3) is 0 Å². The van der Waals surface area contributed by atoms with E-state index in [0.717, 1.165) is 48.3 Å². The van der Waals surface area contributed by atoms with Gasteiger partial charge in [0, 0.05) is 11.1 Å². The van der Waals surface area contributed by atoms with Gasteiger partial charge in [0.2, 0.25) is 0 Å². The molecule has 1 unspecified atom stereocenters. The fourth-order valence-electron chi connectivity index (χ4n) is 5.36. The smallest absolute Gasteiger partial charge is 0.166 e. The van der Waals surface area contributed by atoms with Gasteiger partial charge in [-0.05, 0) is 65.8 Å². The Morgan fingerprint density at radius 1 is 0.800 bits per heavy atom. The Morgan fingerprint density at radius 2 is 1.49 bits per heavy atom. The predicted molar refractivity (Wildman–Crippen MR) is 135 cm³/mol. The summed E-state index contributed by atoms with van der Waals surface area (Å²) in [5.41, 5.74) is 3.89. The average molecular weight is 477 g/mol. The van der Waals surface area contributed by atoms with E-state index in [2.05, 4.69) is 6.92 Å². The van der Waals surface area contributed by atoms with E-state index in [1.54, 1.807) is 30.4 Å². The van der Waals surface area contributed by atoms with E-state index in [4.69, 9.17) is 4.74 Å². The van der Waals surface area contributed by atoms with Crippen molar-refractivity contribution in [1.29, 1.82) is 0 Å². The maximum Gasteiger partial charge on any atom is 0.166 e. The Labute approximate surface area is 205 Å². The monoisotopic (exact) mass is 476 g/mol. The van der Waals surface area contributed by atoms with Crippen molar-refractivity contribution in [3.05, 3.63) is 94.3 Å². The summed E-state index contributed by atoms with van der Waals surface area (Å²) in [6.07, 6.45) is 9.75. The summed E-state index contributed by atoms with van der Waals surface area (Å²) in [4.78, 5) is 0. The first-order chi connectivity index (χ1) is 17.0. The number of benzene rings is 3. The van der Waals surface area contributed by atoms with Crippen LogP contribution in [-0.2, 0) is 4.74 Å². The second-order valence-corrected chi connectivity index (χ2v) is 9.89. The molecular weight excluding hydrogens is 445 g/mol. The lowest BCUT2D eigenvalue weighted by molar-refractivity contribution is 0.303. The highest BCUT2D eigenvalue weighted by atomic mass is 19.2. The van der Waals surface area contributed by atoms with Gasteiger partial charge in [0.05, 0.1) is 6.61 Å². The molecule has 0 N–H and O–H groups in total. The second-order valence-electron chi connectivity index (χ2n) is 9.89. The highest BCUT2D eigenvalue weighted by molar-refractivity contribution is 5.72. The zero-order valence-corrected chi connectivity index (χ0v) is 20.1. The normalized spacial score (nSPS) is 22.0. The van der Waals surface area contributed by atoms with Crippen molar-refractivity contribution in [3.8, 4) is 11.1 Å². The van der Waals surface area contributed by atoms with Gasteiger partial charge in [0.1, 0.15) is 11.9 Å². The van der Waals surface area contributed by atoms with Gasteiger partial charge >= 0.3 is 0 Å². The molecule has 5 rings (SSSR count). The Kier molecular flexibility index (Phi) is 7.10. The molecule has 3 aromatic rings. The summed E-state index contributed by atoms with van der Waals surface area (Å²) in [5.74, 6) is -0.902. The van der Waals surface area contributed by atoms with Crippen molar-refractivity contribution < 1.29 is 17.9 Å². The van der Waals surface area contributed by atoms with Crippen LogP contribution >= 0.6 is 0 Å². The van der Waals surface area contributed by atoms with Gasteiger partial charge in [-0.3, -0.25) is 0 Å². The van der Waals surface area contributed by atoms with Crippen molar-refractivity contribution in [3.63, 3.8) is 0 Å². The van der Waals surface area contributed by atoms with E-state index in [-0.39, 0.29) is 23.4 Å². The van der Waals surface area contributed by atoms with Gasteiger partial charge in [-0.2, -0.15) is 0 Å². The molecule has 182 valence electrons. The lowest BCUT2D eigenvalue weighted by Gasteiger charge is -2.29. The minimum Gasteiger partial charge on any atom is -0.368 e. The third kappa shape index (κ3) is 5.38. The third-order valence-electron chi connectivity index (χ3n) is 7.51. The van der Waals surface area contributed by atoms with E-state index < -0.39 is 11.6 Å². The minimum absolute atomic E-state index is 0.110. The first-order valence-corrected chi connectivity index (χ1v) is 12.7. The van der Waals surface area contributed by atoms with Crippen LogP contribution < -0.4 is 0 Å². The summed E-state index contributed by atoms with van der Waals surface area (Å²) < 4.78 is 49.3. The SMILES string of the molecule is CCCC1CCC(c2ccc(/C=C/c3ccc(-c4ccc(C5CO5)c(F)c4)cc3)c(F)c2F)CC1. The van der Waals surface area contributed by atoms with Crippen LogP contribution in [0, 0.1) is 23.4 Å². The van der Waals surface area contributed by atoms with Crippen LogP contribution in [0.4, 0.5) is 13.2 Å². The summed E-state index contributed by atoms with van der Waals surface area (Å²) in [6, 6.07) is 16.2. The molecule has 2 aliphatic rings. The van der Waals surface area contributed by atoms with Crippen molar-refractivity contribution >= 4 is 12.2 Å². The van der Waals surface area contributed by atoms with E-state index in [1.807, 2.05) is 30.3 Å². The maximum absolute atomic E-state index is 14.9. The molecule has 0 bridgehead atoms. The van der Waals surface area contributed by atoms with Gasteiger partial charge in [0.15, 0.2) is 11.6 Å². The Balaban J connectivity index is 1.26. The van der Waals surface area contributed by atoms with Crippen molar-refractivity contribution in [2.24, 2.45) is 5.92 Å². The minimum atomic E-state index is -0.777. The highest BCUT2D eigenvalue weighted by Crippen LogP contribution is 2.39. The van der Waals surface area contributed by atoms with Crippen LogP contribution in [0.25, 0.3) is 23.3 Å². The average Bonchev–Trinajstić information content (AvgIpc) is 3.71. The molecule has 1 aliphatic carbocycles. The number of epoxide rings is 1. The van der Waals surface area contributed by atoms with Crippen LogP contribution in [0.3, 0.4) is 0 Å². The molecule has 0 radical (unpaired) electrons. The standard InChI is InChI=1S/C31H31F3O/c1-2-3-20-6-11-23(12-7-20)26-16-14-24(30(33)31(26)34)13-8-21-4-9-22(10-5-21)25-15-17-27(28(32)18-25)29-19-35-29/h4-5,8-10,13-18,20,23,29H,2-3,6-7,11-12,19H2,1H3/b13-8+. The molecule has 0 spiro atoms. The van der Waals surface area contributed by atoms with Crippen LogP contribution in [0.2, 0.25) is 0 Å². The zero-order chi connectivity index (χ0) is 24.4. The molecule has 2 fully saturated rings. The topological polar surface area (TPSA) is 12.5 Å². The lowest BCUT2D eigenvalue weighted by Crippen LogP contribution is -2.15. The quantitative estimate of drug-likeness (QED) is 0.245. The molecule has 1 aliphatic heterocycles. The third-order valence-corrected chi connectivity index (χ3v) is 7.51. The van der Waals surface area contributed by atoms with E-state index in [9.17, 15) is 13.2 Å². The molecular formula is C31H31F3O. The second kappa shape index (κ2) is 10.4. The molecule has 1 nitrogen and oxygen atoms in total. The number of rotatable bonds is 7. The van der Waals surface area contributed by atoms with Crippen LogP contribution in [-0.4, -0.2) is 6.61 Å². The molecule has 3 aromatic carbocycles. The van der Waals surface area contributed by atoms with Crippen LogP contribution in [0.15, 0.2) is 54.6 Å². The zero-order valence-electron chi connectivity index (χ0n) is 20.1. The van der Waals surface area contributed by atoms with Gasteiger partial charge in [-0.25, -0.2) is 13.2 Å². The molecule has 4 heteroatoms. The first-order valence-electron chi connectivity index (χ1n) is 12.7. The fourth-order valence-corrected chi connectivity index (χ4v) is 5.36. The molecule has 1 saturated heterocycles. The Morgan fingerprint density at radius 3 is 2.14 bits per heavy atom. The largest absolute Gasteiger partial charge is 0.368 e. The summed E-state index contributed by atoms with van der Waals surface area (Å²) >= 11 is 0. The van der Waals surface area contributed by atoms with Gasteiger partial charge in [-0.1, -0.05) is 80.4 Å². The number of hydrogen-bond donors (Lipinski definition) is 0. The van der Waals surface area contributed by atoms with Crippen molar-refractivity contribution in [2.75, 3.05) is 6.61 Å². The van der Waals surface area contributed by atoms with Crippen LogP contribution in [0.1, 0.15) is 79.7 Å². The molecule has 35 heavy (non-hydrogen) atoms.